The van der Waals surface area contributed by atoms with Crippen molar-refractivity contribution in [3.05, 3.63) is 30.3 Å². The van der Waals surface area contributed by atoms with Crippen molar-refractivity contribution in [2.24, 2.45) is 0 Å². The largest absolute Gasteiger partial charge is 0.479 e. The first-order chi connectivity index (χ1) is 10.5. The van der Waals surface area contributed by atoms with Crippen LogP contribution in [-0.4, -0.2) is 45.8 Å². The van der Waals surface area contributed by atoms with Crippen LogP contribution in [0.3, 0.4) is 0 Å². The van der Waals surface area contributed by atoms with Gasteiger partial charge in [-0.25, -0.2) is 9.59 Å². The molecule has 0 aromatic heterocycles. The number of rotatable bonds is 6. The van der Waals surface area contributed by atoms with Gasteiger partial charge >= 0.3 is 12.0 Å². The summed E-state index contributed by atoms with van der Waals surface area (Å²) in [5.74, 6) is -2.08. The molecular formula is C15H21N3O5. The van der Waals surface area contributed by atoms with Gasteiger partial charge in [-0.3, -0.25) is 4.79 Å². The van der Waals surface area contributed by atoms with Gasteiger partial charge in [0.15, 0.2) is 5.60 Å². The number of nitrogens with one attached hydrogen (secondary N) is 3. The first-order valence-corrected chi connectivity index (χ1v) is 6.93. The molecule has 1 atom stereocenters. The van der Waals surface area contributed by atoms with Crippen LogP contribution in [0.5, 0.6) is 0 Å². The zero-order valence-corrected chi connectivity index (χ0v) is 13.2. The van der Waals surface area contributed by atoms with Gasteiger partial charge in [0.1, 0.15) is 5.54 Å². The summed E-state index contributed by atoms with van der Waals surface area (Å²) in [5.41, 5.74) is -2.82. The second kappa shape index (κ2) is 7.10. The molecule has 3 amide bonds. The summed E-state index contributed by atoms with van der Waals surface area (Å²) >= 11 is 0. The molecule has 1 aromatic rings. The number of anilines is 1. The number of benzene rings is 1. The Morgan fingerprint density at radius 2 is 1.65 bits per heavy atom. The summed E-state index contributed by atoms with van der Waals surface area (Å²) in [6, 6.07) is 8.10. The molecule has 0 aliphatic rings. The molecule has 126 valence electrons. The minimum atomic E-state index is -2.09. The first-order valence-electron chi connectivity index (χ1n) is 6.93. The number of carboxylic acid groups (broad SMARTS) is 1. The molecule has 8 heteroatoms. The van der Waals surface area contributed by atoms with Crippen molar-refractivity contribution in [1.29, 1.82) is 0 Å². The summed E-state index contributed by atoms with van der Waals surface area (Å²) in [7, 11) is 0. The molecule has 1 rings (SSSR count). The van der Waals surface area contributed by atoms with E-state index < -0.39 is 35.6 Å². The fourth-order valence-electron chi connectivity index (χ4n) is 1.57. The average Bonchev–Trinajstić information content (AvgIpc) is 2.44. The fraction of sp³-hybridized carbons (Fsp3) is 0.400. The highest BCUT2D eigenvalue weighted by Crippen LogP contribution is 2.08. The highest BCUT2D eigenvalue weighted by Gasteiger charge is 2.34. The smallest absolute Gasteiger partial charge is 0.337 e. The van der Waals surface area contributed by atoms with Gasteiger partial charge < -0.3 is 26.2 Å². The minimum absolute atomic E-state index is 0.480. The quantitative estimate of drug-likeness (QED) is 0.522. The Labute approximate surface area is 133 Å². The first kappa shape index (κ1) is 18.4. The van der Waals surface area contributed by atoms with E-state index >= 15 is 0 Å². The van der Waals surface area contributed by atoms with E-state index in [4.69, 9.17) is 5.11 Å². The van der Waals surface area contributed by atoms with Crippen molar-refractivity contribution in [2.45, 2.75) is 31.9 Å². The van der Waals surface area contributed by atoms with Crippen LogP contribution in [0.25, 0.3) is 0 Å². The molecular weight excluding hydrogens is 302 g/mol. The summed E-state index contributed by atoms with van der Waals surface area (Å²) in [5, 5.41) is 25.7. The Morgan fingerprint density at radius 1 is 1.09 bits per heavy atom. The standard InChI is InChI=1S/C15H21N3O5/c1-14(2,11(19)16-9-15(3,23)12(20)21)18-13(22)17-10-7-5-4-6-8-10/h4-8,23H,9H2,1-3H3,(H,16,19)(H,20,21)(H2,17,18,22). The Bertz CT molecular complexity index is 584. The third-order valence-corrected chi connectivity index (χ3v) is 3.08. The molecule has 0 bridgehead atoms. The van der Waals surface area contributed by atoms with Crippen molar-refractivity contribution >= 4 is 23.6 Å². The third-order valence-electron chi connectivity index (χ3n) is 3.08. The number of aliphatic hydroxyl groups is 1. The van der Waals surface area contributed by atoms with Crippen LogP contribution in [0.1, 0.15) is 20.8 Å². The molecule has 0 aliphatic heterocycles. The van der Waals surface area contributed by atoms with Gasteiger partial charge in [-0.2, -0.15) is 0 Å². The molecule has 0 saturated heterocycles. The van der Waals surface area contributed by atoms with Crippen LogP contribution in [0, 0.1) is 0 Å². The molecule has 5 N–H and O–H groups in total. The fourth-order valence-corrected chi connectivity index (χ4v) is 1.57. The molecule has 0 spiro atoms. The molecule has 8 nitrogen and oxygen atoms in total. The number of carbonyl (C=O) groups excluding carboxylic acids is 2. The average molecular weight is 323 g/mol. The lowest BCUT2D eigenvalue weighted by atomic mass is 10.0. The highest BCUT2D eigenvalue weighted by molar-refractivity contribution is 5.95. The number of aliphatic carboxylic acids is 1. The van der Waals surface area contributed by atoms with E-state index in [2.05, 4.69) is 16.0 Å². The van der Waals surface area contributed by atoms with Crippen LogP contribution in [0.15, 0.2) is 30.3 Å². The monoisotopic (exact) mass is 323 g/mol. The van der Waals surface area contributed by atoms with E-state index in [1.54, 1.807) is 30.3 Å². The molecule has 0 radical (unpaired) electrons. The lowest BCUT2D eigenvalue weighted by Gasteiger charge is -2.27. The topological polar surface area (TPSA) is 128 Å². The predicted molar refractivity (Wildman–Crippen MR) is 83.9 cm³/mol. The van der Waals surface area contributed by atoms with Crippen LogP contribution in [0.2, 0.25) is 0 Å². The van der Waals surface area contributed by atoms with E-state index in [9.17, 15) is 19.5 Å². The van der Waals surface area contributed by atoms with Crippen LogP contribution >= 0.6 is 0 Å². The molecule has 1 aromatic carbocycles. The van der Waals surface area contributed by atoms with Gasteiger partial charge in [0.25, 0.3) is 0 Å². The molecule has 0 aliphatic carbocycles. The van der Waals surface area contributed by atoms with Crippen molar-refractivity contribution < 1.29 is 24.6 Å². The number of urea groups is 1. The zero-order valence-electron chi connectivity index (χ0n) is 13.2. The second-order valence-corrected chi connectivity index (χ2v) is 5.83. The third kappa shape index (κ3) is 5.59. The molecule has 0 heterocycles. The van der Waals surface area contributed by atoms with Gasteiger partial charge in [0, 0.05) is 5.69 Å². The normalized spacial score (nSPS) is 13.6. The zero-order chi connectivity index (χ0) is 17.7. The maximum absolute atomic E-state index is 12.1. The SMILES string of the molecule is CC(O)(CNC(=O)C(C)(C)NC(=O)Nc1ccccc1)C(=O)O. The predicted octanol–water partition coefficient (Wildman–Crippen LogP) is 0.538. The number of hydrogen-bond donors (Lipinski definition) is 5. The Morgan fingerprint density at radius 3 is 2.17 bits per heavy atom. The summed E-state index contributed by atoms with van der Waals surface area (Å²) in [6.07, 6.45) is 0. The van der Waals surface area contributed by atoms with E-state index in [1.807, 2.05) is 0 Å². The lowest BCUT2D eigenvalue weighted by molar-refractivity contribution is -0.156. The van der Waals surface area contributed by atoms with E-state index in [0.29, 0.717) is 5.69 Å². The van der Waals surface area contributed by atoms with Gasteiger partial charge in [-0.05, 0) is 32.9 Å². The van der Waals surface area contributed by atoms with Crippen LogP contribution < -0.4 is 16.0 Å². The summed E-state index contributed by atoms with van der Waals surface area (Å²) in [6.45, 7) is 3.51. The van der Waals surface area contributed by atoms with Crippen LogP contribution in [-0.2, 0) is 9.59 Å². The minimum Gasteiger partial charge on any atom is -0.479 e. The van der Waals surface area contributed by atoms with E-state index in [-0.39, 0.29) is 0 Å². The lowest BCUT2D eigenvalue weighted by Crippen LogP contribution is -2.58. The van der Waals surface area contributed by atoms with Gasteiger partial charge in [0.05, 0.1) is 6.54 Å². The molecule has 1 unspecified atom stereocenters. The second-order valence-electron chi connectivity index (χ2n) is 5.83. The maximum Gasteiger partial charge on any atom is 0.337 e. The Hall–Kier alpha value is -2.61. The van der Waals surface area contributed by atoms with Crippen molar-refractivity contribution in [3.63, 3.8) is 0 Å². The summed E-state index contributed by atoms with van der Waals surface area (Å²) in [4.78, 5) is 34.7. The molecule has 0 fully saturated rings. The number of amides is 3. The van der Waals surface area contributed by atoms with Gasteiger partial charge in [-0.1, -0.05) is 18.2 Å². The maximum atomic E-state index is 12.1. The number of para-hydroxylation sites is 1. The Kier molecular flexibility index (Phi) is 5.69. The number of hydrogen-bond acceptors (Lipinski definition) is 4. The number of carboxylic acids is 1. The van der Waals surface area contributed by atoms with Crippen molar-refractivity contribution in [2.75, 3.05) is 11.9 Å². The van der Waals surface area contributed by atoms with E-state index in [1.165, 1.54) is 13.8 Å². The summed E-state index contributed by atoms with van der Waals surface area (Å²) < 4.78 is 0. The van der Waals surface area contributed by atoms with E-state index in [0.717, 1.165) is 6.92 Å². The number of carbonyl (C=O) groups is 3. The highest BCUT2D eigenvalue weighted by atomic mass is 16.4. The van der Waals surface area contributed by atoms with Gasteiger partial charge in [0.2, 0.25) is 5.91 Å². The molecule has 0 saturated carbocycles. The van der Waals surface area contributed by atoms with Crippen LogP contribution in [0.4, 0.5) is 10.5 Å². The van der Waals surface area contributed by atoms with Crippen molar-refractivity contribution in [1.82, 2.24) is 10.6 Å². The Balaban J connectivity index is 2.58. The van der Waals surface area contributed by atoms with Gasteiger partial charge in [-0.15, -0.1) is 0 Å². The van der Waals surface area contributed by atoms with Crippen molar-refractivity contribution in [3.8, 4) is 0 Å². The molecule has 23 heavy (non-hydrogen) atoms.